The van der Waals surface area contributed by atoms with Crippen LogP contribution >= 0.6 is 0 Å². The Morgan fingerprint density at radius 3 is 2.64 bits per heavy atom. The number of primary amides is 1. The van der Waals surface area contributed by atoms with E-state index in [-0.39, 0.29) is 23.0 Å². The predicted molar refractivity (Wildman–Crippen MR) is 91.0 cm³/mol. The molecule has 0 fully saturated rings. The number of carbonyl (C=O) groups excluding carboxylic acids is 3. The lowest BCUT2D eigenvalue weighted by Crippen LogP contribution is -2.42. The quantitative estimate of drug-likeness (QED) is 0.620. The van der Waals surface area contributed by atoms with E-state index < -0.39 is 29.9 Å². The van der Waals surface area contributed by atoms with Crippen LogP contribution in [0.2, 0.25) is 0 Å². The van der Waals surface area contributed by atoms with Crippen molar-refractivity contribution in [2.75, 3.05) is 0 Å². The number of nitrogens with two attached hydrogens (primary N) is 1. The summed E-state index contributed by atoms with van der Waals surface area (Å²) in [7, 11) is 0. The Labute approximate surface area is 158 Å². The van der Waals surface area contributed by atoms with Crippen LogP contribution < -0.4 is 10.5 Å². The van der Waals surface area contributed by atoms with Gasteiger partial charge in [-0.3, -0.25) is 14.4 Å². The lowest BCUT2D eigenvalue weighted by atomic mass is 9.64. The van der Waals surface area contributed by atoms with Crippen LogP contribution in [-0.2, 0) is 27.2 Å². The number of fused-ring (bicyclic) bond motifs is 3. The smallest absolute Gasteiger partial charge is 0.405 e. The molecule has 4 rings (SSSR count). The fourth-order valence-electron chi connectivity index (χ4n) is 4.44. The molecule has 8 heteroatoms. The molecule has 0 saturated carbocycles. The van der Waals surface area contributed by atoms with Crippen molar-refractivity contribution in [3.05, 3.63) is 52.6 Å². The van der Waals surface area contributed by atoms with E-state index in [0.717, 1.165) is 11.6 Å². The van der Waals surface area contributed by atoms with Crippen molar-refractivity contribution >= 4 is 17.5 Å². The topological polar surface area (TPSA) is 86.5 Å². The van der Waals surface area contributed by atoms with Crippen LogP contribution in [-0.4, -0.2) is 23.8 Å². The fourth-order valence-corrected chi connectivity index (χ4v) is 4.44. The van der Waals surface area contributed by atoms with Crippen molar-refractivity contribution in [2.24, 2.45) is 23.5 Å². The highest BCUT2D eigenvalue weighted by molar-refractivity contribution is 6.26. The minimum absolute atomic E-state index is 0.160. The highest BCUT2D eigenvalue weighted by Gasteiger charge is 2.45. The van der Waals surface area contributed by atoms with E-state index in [1.54, 1.807) is 12.1 Å². The number of ether oxygens (including phenoxy) is 1. The van der Waals surface area contributed by atoms with Crippen molar-refractivity contribution in [3.63, 3.8) is 0 Å². The molecule has 0 aliphatic heterocycles. The Morgan fingerprint density at radius 1 is 1.21 bits per heavy atom. The third kappa shape index (κ3) is 3.12. The number of alkyl halides is 3. The van der Waals surface area contributed by atoms with Crippen LogP contribution in [0.1, 0.15) is 17.5 Å². The van der Waals surface area contributed by atoms with Crippen LogP contribution in [0.25, 0.3) is 0 Å². The Morgan fingerprint density at radius 2 is 1.96 bits per heavy atom. The summed E-state index contributed by atoms with van der Waals surface area (Å²) in [5, 5.41) is 0. The SMILES string of the molecule is NC(=O)C1=CC(=O)C2CC3Cc4c(cccc4OC(F)(F)F)CC3=CC2C1=O. The summed E-state index contributed by atoms with van der Waals surface area (Å²) in [4.78, 5) is 36.4. The molecular formula is C20H16F3NO4. The summed E-state index contributed by atoms with van der Waals surface area (Å²) >= 11 is 0. The average Bonchev–Trinajstić information content (AvgIpc) is 2.61. The lowest BCUT2D eigenvalue weighted by molar-refractivity contribution is -0.275. The van der Waals surface area contributed by atoms with Gasteiger partial charge in [0, 0.05) is 5.92 Å². The molecule has 0 radical (unpaired) electrons. The van der Waals surface area contributed by atoms with Gasteiger partial charge in [0.15, 0.2) is 11.6 Å². The van der Waals surface area contributed by atoms with Crippen molar-refractivity contribution < 1.29 is 32.3 Å². The second-order valence-corrected chi connectivity index (χ2v) is 7.32. The second kappa shape index (κ2) is 6.32. The van der Waals surface area contributed by atoms with Crippen LogP contribution in [0.5, 0.6) is 5.75 Å². The molecule has 146 valence electrons. The second-order valence-electron chi connectivity index (χ2n) is 7.32. The van der Waals surface area contributed by atoms with E-state index in [2.05, 4.69) is 4.74 Å². The predicted octanol–water partition coefficient (Wildman–Crippen LogP) is 2.43. The summed E-state index contributed by atoms with van der Waals surface area (Å²) < 4.78 is 42.3. The number of hydrogen-bond donors (Lipinski definition) is 1. The zero-order chi connectivity index (χ0) is 20.2. The van der Waals surface area contributed by atoms with Crippen molar-refractivity contribution in [3.8, 4) is 5.75 Å². The Hall–Kier alpha value is -2.90. The highest BCUT2D eigenvalue weighted by Crippen LogP contribution is 2.45. The van der Waals surface area contributed by atoms with Gasteiger partial charge in [-0.05, 0) is 48.4 Å². The average molecular weight is 391 g/mol. The molecule has 3 aliphatic carbocycles. The molecule has 3 aliphatic rings. The van der Waals surface area contributed by atoms with Crippen LogP contribution in [0.4, 0.5) is 13.2 Å². The zero-order valence-electron chi connectivity index (χ0n) is 14.6. The minimum Gasteiger partial charge on any atom is -0.405 e. The molecule has 0 spiro atoms. The molecule has 28 heavy (non-hydrogen) atoms. The monoisotopic (exact) mass is 391 g/mol. The van der Waals surface area contributed by atoms with Gasteiger partial charge in [-0.15, -0.1) is 13.2 Å². The number of benzene rings is 1. The van der Waals surface area contributed by atoms with Crippen molar-refractivity contribution in [2.45, 2.75) is 25.6 Å². The van der Waals surface area contributed by atoms with Crippen LogP contribution in [0.3, 0.4) is 0 Å². The molecule has 5 nitrogen and oxygen atoms in total. The largest absolute Gasteiger partial charge is 0.573 e. The number of ketones is 2. The highest BCUT2D eigenvalue weighted by atomic mass is 19.4. The molecular weight excluding hydrogens is 375 g/mol. The Bertz CT molecular complexity index is 961. The Kier molecular flexibility index (Phi) is 4.17. The van der Waals surface area contributed by atoms with Crippen LogP contribution in [0.15, 0.2) is 41.5 Å². The number of carbonyl (C=O) groups is 3. The summed E-state index contributed by atoms with van der Waals surface area (Å²) in [6.07, 6.45) is -1.08. The lowest BCUT2D eigenvalue weighted by Gasteiger charge is -2.39. The Balaban J connectivity index is 1.69. The summed E-state index contributed by atoms with van der Waals surface area (Å²) in [5.74, 6) is -3.51. The number of allylic oxidation sites excluding steroid dienone is 3. The molecule has 0 saturated heterocycles. The number of Topliss-reactive ketones (excluding diaryl/α,β-unsaturated/α-hetero) is 1. The number of halogens is 3. The molecule has 3 atom stereocenters. The maximum atomic E-state index is 12.7. The van der Waals surface area contributed by atoms with E-state index in [0.29, 0.717) is 30.4 Å². The third-order valence-corrected chi connectivity index (χ3v) is 5.68. The zero-order valence-corrected chi connectivity index (χ0v) is 14.6. The van der Waals surface area contributed by atoms with E-state index in [9.17, 15) is 27.6 Å². The van der Waals surface area contributed by atoms with E-state index in [1.165, 1.54) is 12.1 Å². The van der Waals surface area contributed by atoms with Gasteiger partial charge in [0.2, 0.25) is 0 Å². The summed E-state index contributed by atoms with van der Waals surface area (Å²) in [6, 6.07) is 4.50. The van der Waals surface area contributed by atoms with E-state index in [1.807, 2.05) is 0 Å². The van der Waals surface area contributed by atoms with Gasteiger partial charge in [-0.25, -0.2) is 0 Å². The first-order valence-corrected chi connectivity index (χ1v) is 8.80. The van der Waals surface area contributed by atoms with Gasteiger partial charge in [-0.1, -0.05) is 23.8 Å². The molecule has 2 N–H and O–H groups in total. The van der Waals surface area contributed by atoms with Crippen molar-refractivity contribution in [1.82, 2.24) is 0 Å². The van der Waals surface area contributed by atoms with Gasteiger partial charge in [0.05, 0.1) is 11.5 Å². The number of amides is 1. The first-order chi connectivity index (χ1) is 13.1. The normalized spacial score (nSPS) is 26.5. The molecule has 1 amide bonds. The van der Waals surface area contributed by atoms with E-state index in [4.69, 9.17) is 5.73 Å². The summed E-state index contributed by atoms with van der Waals surface area (Å²) in [6.45, 7) is 0. The molecule has 1 aromatic carbocycles. The first-order valence-electron chi connectivity index (χ1n) is 8.80. The molecule has 0 aromatic heterocycles. The molecule has 3 unspecified atom stereocenters. The molecule has 1 aromatic rings. The molecule has 0 bridgehead atoms. The van der Waals surface area contributed by atoms with Gasteiger partial charge in [0.25, 0.3) is 5.91 Å². The summed E-state index contributed by atoms with van der Waals surface area (Å²) in [5.41, 5.74) is 6.97. The number of rotatable bonds is 2. The van der Waals surface area contributed by atoms with E-state index >= 15 is 0 Å². The maximum absolute atomic E-state index is 12.7. The first kappa shape index (κ1) is 18.5. The third-order valence-electron chi connectivity index (χ3n) is 5.68. The standard InChI is InChI=1S/C20H16F3NO4/c21-20(22,23)28-17-3-1-2-9-4-10-7-14-13(6-11(10)5-12(9)17)16(25)8-15(18(14)26)19(24)27/h1-3,7-8,11,13-14H,4-6H2,(H2,24,27). The van der Waals surface area contributed by atoms with Gasteiger partial charge < -0.3 is 10.5 Å². The van der Waals surface area contributed by atoms with Gasteiger partial charge in [0.1, 0.15) is 5.75 Å². The minimum atomic E-state index is -4.79. The van der Waals surface area contributed by atoms with Crippen molar-refractivity contribution in [1.29, 1.82) is 0 Å². The van der Waals surface area contributed by atoms with Gasteiger partial charge in [-0.2, -0.15) is 0 Å². The molecule has 0 heterocycles. The van der Waals surface area contributed by atoms with Gasteiger partial charge >= 0.3 is 6.36 Å². The van der Waals surface area contributed by atoms with Crippen LogP contribution in [0, 0.1) is 17.8 Å². The fraction of sp³-hybridized carbons (Fsp3) is 0.350. The number of hydrogen-bond acceptors (Lipinski definition) is 4. The maximum Gasteiger partial charge on any atom is 0.573 e.